The average molecular weight is 390 g/mol. The molecule has 0 unspecified atom stereocenters. The first kappa shape index (κ1) is 18.7. The monoisotopic (exact) mass is 390 g/mol. The number of aliphatic hydroxyl groups is 1. The molecule has 29 heavy (non-hydrogen) atoms. The Labute approximate surface area is 167 Å². The maximum absolute atomic E-state index is 14.7. The Kier molecular flexibility index (Phi) is 4.99. The number of benzene rings is 2. The quantitative estimate of drug-likeness (QED) is 0.706. The van der Waals surface area contributed by atoms with Gasteiger partial charge in [-0.15, -0.1) is 0 Å². The smallest absolute Gasteiger partial charge is 0.290 e. The van der Waals surface area contributed by atoms with Crippen molar-refractivity contribution in [2.24, 2.45) is 0 Å². The van der Waals surface area contributed by atoms with E-state index in [1.165, 1.54) is 11.0 Å². The molecule has 146 valence electrons. The number of hydrogen-bond donors (Lipinski definition) is 1. The number of ether oxygens (including phenoxy) is 1. The third kappa shape index (κ3) is 3.45. The summed E-state index contributed by atoms with van der Waals surface area (Å²) in [4.78, 5) is 18.5. The fourth-order valence-electron chi connectivity index (χ4n) is 3.59. The second-order valence-electron chi connectivity index (χ2n) is 6.71. The van der Waals surface area contributed by atoms with Crippen LogP contribution in [0.15, 0.2) is 78.8 Å². The summed E-state index contributed by atoms with van der Waals surface area (Å²) in [7, 11) is 1.56. The highest BCUT2D eigenvalue weighted by atomic mass is 19.1. The lowest BCUT2D eigenvalue weighted by Crippen LogP contribution is -2.30. The van der Waals surface area contributed by atoms with Crippen LogP contribution in [0.2, 0.25) is 0 Å². The van der Waals surface area contributed by atoms with E-state index in [2.05, 4.69) is 4.98 Å². The van der Waals surface area contributed by atoms with Crippen LogP contribution in [0, 0.1) is 5.82 Å². The molecule has 5 nitrogen and oxygen atoms in total. The molecule has 0 saturated heterocycles. The van der Waals surface area contributed by atoms with Gasteiger partial charge in [0.25, 0.3) is 5.91 Å². The van der Waals surface area contributed by atoms with E-state index in [-0.39, 0.29) is 12.3 Å². The van der Waals surface area contributed by atoms with Crippen LogP contribution in [-0.2, 0) is 11.3 Å². The summed E-state index contributed by atoms with van der Waals surface area (Å²) in [6.45, 7) is 0.190. The second kappa shape index (κ2) is 7.75. The lowest BCUT2D eigenvalue weighted by atomic mass is 9.93. The maximum atomic E-state index is 14.7. The van der Waals surface area contributed by atoms with Gasteiger partial charge in [0, 0.05) is 30.1 Å². The number of aliphatic hydroxyl groups excluding tert-OH is 1. The average Bonchev–Trinajstić information content (AvgIpc) is 3.00. The molecule has 1 aliphatic heterocycles. The third-order valence-electron chi connectivity index (χ3n) is 4.98. The lowest BCUT2D eigenvalue weighted by molar-refractivity contribution is -0.130. The predicted molar refractivity (Wildman–Crippen MR) is 106 cm³/mol. The third-order valence-corrected chi connectivity index (χ3v) is 4.98. The summed E-state index contributed by atoms with van der Waals surface area (Å²) in [6.07, 6.45) is 3.29. The van der Waals surface area contributed by atoms with Gasteiger partial charge in [-0.3, -0.25) is 9.78 Å². The van der Waals surface area contributed by atoms with E-state index >= 15 is 0 Å². The first-order chi connectivity index (χ1) is 14.1. The van der Waals surface area contributed by atoms with Gasteiger partial charge in [-0.2, -0.15) is 0 Å². The van der Waals surface area contributed by atoms with Crippen LogP contribution in [0.3, 0.4) is 0 Å². The molecule has 1 aromatic heterocycles. The predicted octanol–water partition coefficient (Wildman–Crippen LogP) is 4.28. The van der Waals surface area contributed by atoms with Gasteiger partial charge in [0.15, 0.2) is 5.76 Å². The van der Waals surface area contributed by atoms with Crippen LogP contribution >= 0.6 is 0 Å². The number of carbonyl (C=O) groups is 1. The van der Waals surface area contributed by atoms with Crippen LogP contribution in [0.5, 0.6) is 5.75 Å². The molecule has 0 aliphatic carbocycles. The molecule has 1 amide bonds. The second-order valence-corrected chi connectivity index (χ2v) is 6.71. The Balaban J connectivity index is 1.83. The van der Waals surface area contributed by atoms with E-state index in [1.807, 2.05) is 6.07 Å². The maximum Gasteiger partial charge on any atom is 0.290 e. The minimum absolute atomic E-state index is 0.190. The largest absolute Gasteiger partial charge is 0.503 e. The van der Waals surface area contributed by atoms with Gasteiger partial charge in [0.2, 0.25) is 0 Å². The van der Waals surface area contributed by atoms with Crippen molar-refractivity contribution in [3.05, 3.63) is 101 Å². The Morgan fingerprint density at radius 2 is 1.86 bits per heavy atom. The Hall–Kier alpha value is -3.67. The molecular weight excluding hydrogens is 371 g/mol. The Morgan fingerprint density at radius 3 is 2.52 bits per heavy atom. The van der Waals surface area contributed by atoms with Crippen molar-refractivity contribution >= 4 is 11.5 Å². The molecular formula is C23H19FN2O3. The summed E-state index contributed by atoms with van der Waals surface area (Å²) in [5, 5.41) is 10.7. The van der Waals surface area contributed by atoms with E-state index in [0.717, 1.165) is 5.56 Å². The molecule has 4 rings (SSSR count). The fourth-order valence-corrected chi connectivity index (χ4v) is 3.59. The van der Waals surface area contributed by atoms with Gasteiger partial charge in [0.1, 0.15) is 11.6 Å². The number of amides is 1. The Bertz CT molecular complexity index is 1060. The SMILES string of the molecule is COc1ccc(C2=C(O)C(=O)N(Cc3cccnc3)[C@H]2c2ccccc2F)cc1. The van der Waals surface area contributed by atoms with E-state index in [9.17, 15) is 14.3 Å². The number of nitrogens with zero attached hydrogens (tertiary/aromatic N) is 2. The minimum atomic E-state index is -0.766. The summed E-state index contributed by atoms with van der Waals surface area (Å²) >= 11 is 0. The van der Waals surface area contributed by atoms with Gasteiger partial charge in [0.05, 0.1) is 13.2 Å². The summed E-state index contributed by atoms with van der Waals surface area (Å²) in [5.74, 6) is -0.727. The molecule has 0 radical (unpaired) electrons. The number of rotatable bonds is 5. The zero-order chi connectivity index (χ0) is 20.4. The molecule has 1 N–H and O–H groups in total. The molecule has 6 heteroatoms. The van der Waals surface area contributed by atoms with Gasteiger partial charge in [-0.25, -0.2) is 4.39 Å². The van der Waals surface area contributed by atoms with Crippen molar-refractivity contribution in [2.45, 2.75) is 12.6 Å². The lowest BCUT2D eigenvalue weighted by Gasteiger charge is -2.27. The molecule has 3 aromatic rings. The fraction of sp³-hybridized carbons (Fsp3) is 0.130. The molecule has 1 atom stereocenters. The highest BCUT2D eigenvalue weighted by molar-refractivity contribution is 6.05. The van der Waals surface area contributed by atoms with Crippen molar-refractivity contribution in [1.29, 1.82) is 0 Å². The van der Waals surface area contributed by atoms with Crippen LogP contribution < -0.4 is 4.74 Å². The zero-order valence-electron chi connectivity index (χ0n) is 15.7. The Morgan fingerprint density at radius 1 is 1.10 bits per heavy atom. The van der Waals surface area contributed by atoms with Gasteiger partial charge >= 0.3 is 0 Å². The standard InChI is InChI=1S/C23H19FN2O3/c1-29-17-10-8-16(9-11-17)20-21(18-6-2-3-7-19(18)24)26(23(28)22(20)27)14-15-5-4-12-25-13-15/h2-13,21,27H,14H2,1H3/t21-/m0/s1. The van der Waals surface area contributed by atoms with Gasteiger partial charge in [-0.1, -0.05) is 36.4 Å². The summed E-state index contributed by atoms with van der Waals surface area (Å²) in [6, 6.07) is 16.1. The molecule has 0 bridgehead atoms. The topological polar surface area (TPSA) is 62.7 Å². The van der Waals surface area contributed by atoms with E-state index < -0.39 is 17.8 Å². The van der Waals surface area contributed by atoms with E-state index in [4.69, 9.17) is 4.74 Å². The zero-order valence-corrected chi connectivity index (χ0v) is 15.7. The molecule has 0 saturated carbocycles. The van der Waals surface area contributed by atoms with Crippen LogP contribution in [0.1, 0.15) is 22.7 Å². The minimum Gasteiger partial charge on any atom is -0.503 e. The molecule has 2 heterocycles. The molecule has 2 aromatic carbocycles. The van der Waals surface area contributed by atoms with Crippen LogP contribution in [0.25, 0.3) is 5.57 Å². The normalized spacial score (nSPS) is 16.4. The first-order valence-electron chi connectivity index (χ1n) is 9.12. The van der Waals surface area contributed by atoms with Crippen LogP contribution in [-0.4, -0.2) is 28.0 Å². The summed E-state index contributed by atoms with van der Waals surface area (Å²) < 4.78 is 19.9. The van der Waals surface area contributed by atoms with Crippen molar-refractivity contribution < 1.29 is 19.0 Å². The van der Waals surface area contributed by atoms with Crippen molar-refractivity contribution in [2.75, 3.05) is 7.11 Å². The van der Waals surface area contributed by atoms with E-state index in [1.54, 1.807) is 68.0 Å². The summed E-state index contributed by atoms with van der Waals surface area (Å²) in [5.41, 5.74) is 2.09. The number of halogens is 1. The highest BCUT2D eigenvalue weighted by Crippen LogP contribution is 2.44. The number of methoxy groups -OCH3 is 1. The number of pyridine rings is 1. The number of aromatic nitrogens is 1. The van der Waals surface area contributed by atoms with Crippen molar-refractivity contribution in [1.82, 2.24) is 9.88 Å². The highest BCUT2D eigenvalue weighted by Gasteiger charge is 2.42. The van der Waals surface area contributed by atoms with Crippen molar-refractivity contribution in [3.63, 3.8) is 0 Å². The molecule has 0 fully saturated rings. The number of carbonyl (C=O) groups excluding carboxylic acids is 1. The first-order valence-corrected chi connectivity index (χ1v) is 9.12. The van der Waals surface area contributed by atoms with Gasteiger partial charge < -0.3 is 14.7 Å². The molecule has 1 aliphatic rings. The molecule has 0 spiro atoms. The van der Waals surface area contributed by atoms with E-state index in [0.29, 0.717) is 22.4 Å². The van der Waals surface area contributed by atoms with Crippen molar-refractivity contribution in [3.8, 4) is 5.75 Å². The number of hydrogen-bond acceptors (Lipinski definition) is 4. The van der Waals surface area contributed by atoms with Crippen LogP contribution in [0.4, 0.5) is 4.39 Å². The van der Waals surface area contributed by atoms with Gasteiger partial charge in [-0.05, 0) is 35.4 Å².